The molecule has 0 radical (unpaired) electrons. The Hall–Kier alpha value is -2.06. The minimum Gasteiger partial charge on any atom is -0.406 e. The van der Waals surface area contributed by atoms with Gasteiger partial charge in [-0.15, -0.1) is 37.1 Å². The quantitative estimate of drug-likeness (QED) is 0.303. The summed E-state index contributed by atoms with van der Waals surface area (Å²) in [5.74, 6) is -0.299. The number of halogens is 4. The predicted molar refractivity (Wildman–Crippen MR) is 110 cm³/mol. The van der Waals surface area contributed by atoms with Crippen molar-refractivity contribution in [2.24, 2.45) is 10.7 Å². The molecule has 0 saturated heterocycles. The molecule has 28 heavy (non-hydrogen) atoms. The Bertz CT molecular complexity index is 902. The summed E-state index contributed by atoms with van der Waals surface area (Å²) in [6.45, 7) is 0.188. The highest BCUT2D eigenvalue weighted by atomic mass is 127. The number of benzene rings is 2. The molecule has 2 aromatic rings. The fourth-order valence-corrected chi connectivity index (χ4v) is 2.73. The Kier molecular flexibility index (Phi) is 8.50. The maximum atomic E-state index is 12.1. The van der Waals surface area contributed by atoms with E-state index in [-0.39, 0.29) is 47.1 Å². The van der Waals surface area contributed by atoms with Crippen LogP contribution in [0, 0.1) is 0 Å². The van der Waals surface area contributed by atoms with E-state index in [9.17, 15) is 21.6 Å². The molecular formula is C16H18F3IN4O3S. The Labute approximate surface area is 177 Å². The first-order chi connectivity index (χ1) is 12.6. The molecule has 0 aromatic heterocycles. The van der Waals surface area contributed by atoms with Crippen molar-refractivity contribution in [3.63, 3.8) is 0 Å². The maximum absolute atomic E-state index is 12.1. The van der Waals surface area contributed by atoms with Gasteiger partial charge in [-0.25, -0.2) is 18.1 Å². The fourth-order valence-electron chi connectivity index (χ4n) is 2.00. The zero-order valence-electron chi connectivity index (χ0n) is 14.5. The van der Waals surface area contributed by atoms with E-state index < -0.39 is 16.4 Å². The van der Waals surface area contributed by atoms with Gasteiger partial charge in [0.1, 0.15) is 5.75 Å². The summed E-state index contributed by atoms with van der Waals surface area (Å²) >= 11 is 0. The van der Waals surface area contributed by atoms with Crippen LogP contribution in [0.5, 0.6) is 5.75 Å². The normalized spacial score (nSPS) is 12.2. The van der Waals surface area contributed by atoms with Crippen LogP contribution in [0.1, 0.15) is 5.56 Å². The van der Waals surface area contributed by atoms with Crippen LogP contribution in [0.3, 0.4) is 0 Å². The summed E-state index contributed by atoms with van der Waals surface area (Å²) in [7, 11) is -2.18. The third-order valence-electron chi connectivity index (χ3n) is 3.29. The smallest absolute Gasteiger partial charge is 0.406 e. The number of rotatable bonds is 6. The molecule has 0 heterocycles. The third-order valence-corrected chi connectivity index (χ3v) is 4.72. The molecule has 154 valence electrons. The molecule has 0 aliphatic carbocycles. The lowest BCUT2D eigenvalue weighted by atomic mass is 10.2. The topological polar surface area (TPSA) is 106 Å². The van der Waals surface area contributed by atoms with Crippen molar-refractivity contribution in [3.8, 4) is 5.75 Å². The number of aliphatic imine (C=N–C) groups is 1. The molecule has 0 atom stereocenters. The van der Waals surface area contributed by atoms with Crippen LogP contribution in [0.2, 0.25) is 0 Å². The number of hydrogen-bond donors (Lipinski definition) is 3. The first kappa shape index (κ1) is 24.0. The molecule has 0 unspecified atom stereocenters. The van der Waals surface area contributed by atoms with Crippen molar-refractivity contribution in [2.75, 3.05) is 12.4 Å². The van der Waals surface area contributed by atoms with Gasteiger partial charge < -0.3 is 15.8 Å². The number of anilines is 1. The molecule has 0 fully saturated rings. The van der Waals surface area contributed by atoms with Gasteiger partial charge in [-0.05, 0) is 49.0 Å². The average Bonchev–Trinajstić information content (AvgIpc) is 2.61. The monoisotopic (exact) mass is 530 g/mol. The van der Waals surface area contributed by atoms with Crippen LogP contribution in [0.15, 0.2) is 58.4 Å². The molecule has 0 aliphatic rings. The van der Waals surface area contributed by atoms with E-state index in [1.807, 2.05) is 0 Å². The molecule has 2 aromatic carbocycles. The van der Waals surface area contributed by atoms with Gasteiger partial charge in [0, 0.05) is 5.69 Å². The highest BCUT2D eigenvalue weighted by molar-refractivity contribution is 14.0. The predicted octanol–water partition coefficient (Wildman–Crippen LogP) is 3.04. The van der Waals surface area contributed by atoms with Crippen LogP contribution >= 0.6 is 24.0 Å². The molecule has 0 spiro atoms. The molecule has 0 aliphatic heterocycles. The molecule has 0 amide bonds. The molecule has 2 rings (SSSR count). The first-order valence-corrected chi connectivity index (χ1v) is 9.02. The highest BCUT2D eigenvalue weighted by Gasteiger charge is 2.30. The van der Waals surface area contributed by atoms with Gasteiger partial charge in [-0.3, -0.25) is 0 Å². The van der Waals surface area contributed by atoms with E-state index in [2.05, 4.69) is 19.8 Å². The number of alkyl halides is 3. The minimum atomic E-state index is -4.75. The second-order valence-electron chi connectivity index (χ2n) is 5.25. The largest absolute Gasteiger partial charge is 0.573 e. The number of ether oxygens (including phenoxy) is 1. The van der Waals surface area contributed by atoms with Crippen LogP contribution in [0.25, 0.3) is 0 Å². The number of guanidine groups is 1. The summed E-state index contributed by atoms with van der Waals surface area (Å²) in [4.78, 5) is 4.22. The van der Waals surface area contributed by atoms with Crippen LogP contribution in [0.4, 0.5) is 18.9 Å². The van der Waals surface area contributed by atoms with E-state index in [0.29, 0.717) is 5.69 Å². The van der Waals surface area contributed by atoms with Gasteiger partial charge in [0.15, 0.2) is 5.96 Å². The van der Waals surface area contributed by atoms with Gasteiger partial charge in [0.25, 0.3) is 0 Å². The molecule has 0 bridgehead atoms. The minimum absolute atomic E-state index is 0. The lowest BCUT2D eigenvalue weighted by Gasteiger charge is -2.10. The number of hydrogen-bond acceptors (Lipinski definition) is 4. The van der Waals surface area contributed by atoms with E-state index in [0.717, 1.165) is 17.7 Å². The van der Waals surface area contributed by atoms with E-state index in [1.54, 1.807) is 12.1 Å². The van der Waals surface area contributed by atoms with Crippen LogP contribution in [-0.2, 0) is 16.6 Å². The lowest BCUT2D eigenvalue weighted by molar-refractivity contribution is -0.274. The van der Waals surface area contributed by atoms with Crippen molar-refractivity contribution in [1.82, 2.24) is 4.72 Å². The summed E-state index contributed by atoms with van der Waals surface area (Å²) in [6, 6.07) is 11.1. The Morgan fingerprint density at radius 3 is 2.18 bits per heavy atom. The SMILES string of the molecule is CNS(=O)(=O)c1ccc(CN=C(N)Nc2ccc(OC(F)(F)F)cc2)cc1.I. The Morgan fingerprint density at radius 2 is 1.68 bits per heavy atom. The van der Waals surface area contributed by atoms with Gasteiger partial charge in [-0.1, -0.05) is 12.1 Å². The fraction of sp³-hybridized carbons (Fsp3) is 0.188. The molecule has 12 heteroatoms. The lowest BCUT2D eigenvalue weighted by Crippen LogP contribution is -2.22. The molecule has 4 N–H and O–H groups in total. The van der Waals surface area contributed by atoms with Crippen molar-refractivity contribution in [2.45, 2.75) is 17.8 Å². The van der Waals surface area contributed by atoms with E-state index >= 15 is 0 Å². The maximum Gasteiger partial charge on any atom is 0.573 e. The number of nitrogens with one attached hydrogen (secondary N) is 2. The summed E-state index contributed by atoms with van der Waals surface area (Å²) in [5.41, 5.74) is 6.89. The van der Waals surface area contributed by atoms with Crippen molar-refractivity contribution < 1.29 is 26.3 Å². The van der Waals surface area contributed by atoms with Gasteiger partial charge in [0.2, 0.25) is 10.0 Å². The number of sulfonamides is 1. The summed E-state index contributed by atoms with van der Waals surface area (Å²) in [5, 5.41) is 2.73. The Balaban J connectivity index is 0.00000392. The van der Waals surface area contributed by atoms with Crippen molar-refractivity contribution in [3.05, 3.63) is 54.1 Å². The standard InChI is InChI=1S/C16H17F3N4O3S.HI/c1-21-27(24,25)14-8-2-11(3-9-14)10-22-15(20)23-12-4-6-13(7-5-12)26-16(17,18)19;/h2-9,21H,10H2,1H3,(H3,20,22,23);1H. The molecule has 0 saturated carbocycles. The highest BCUT2D eigenvalue weighted by Crippen LogP contribution is 2.23. The summed E-state index contributed by atoms with van der Waals surface area (Å²) < 4.78 is 65.6. The second-order valence-corrected chi connectivity index (χ2v) is 7.14. The van der Waals surface area contributed by atoms with E-state index in [1.165, 1.54) is 31.3 Å². The molecule has 7 nitrogen and oxygen atoms in total. The van der Waals surface area contributed by atoms with Gasteiger partial charge in [0.05, 0.1) is 11.4 Å². The zero-order valence-corrected chi connectivity index (χ0v) is 17.7. The number of nitrogens with zero attached hydrogens (tertiary/aromatic N) is 1. The number of nitrogens with two attached hydrogens (primary N) is 1. The zero-order chi connectivity index (χ0) is 20.1. The second kappa shape index (κ2) is 9.93. The van der Waals surface area contributed by atoms with E-state index in [4.69, 9.17) is 5.73 Å². The third kappa shape index (κ3) is 7.52. The molecular weight excluding hydrogens is 512 g/mol. The van der Waals surface area contributed by atoms with Crippen LogP contribution in [-0.4, -0.2) is 27.8 Å². The van der Waals surface area contributed by atoms with Crippen molar-refractivity contribution in [1.29, 1.82) is 0 Å². The van der Waals surface area contributed by atoms with Gasteiger partial charge >= 0.3 is 6.36 Å². The average molecular weight is 530 g/mol. The van der Waals surface area contributed by atoms with Crippen molar-refractivity contribution >= 4 is 45.6 Å². The van der Waals surface area contributed by atoms with Crippen LogP contribution < -0.4 is 20.5 Å². The Morgan fingerprint density at radius 1 is 1.11 bits per heavy atom. The van der Waals surface area contributed by atoms with Gasteiger partial charge in [-0.2, -0.15) is 0 Å². The first-order valence-electron chi connectivity index (χ1n) is 7.54. The summed E-state index contributed by atoms with van der Waals surface area (Å²) in [6.07, 6.45) is -4.75.